The van der Waals surface area contributed by atoms with Crippen molar-refractivity contribution in [3.8, 4) is 0 Å². The fourth-order valence-corrected chi connectivity index (χ4v) is 1.85. The van der Waals surface area contributed by atoms with E-state index < -0.39 is 6.10 Å². The van der Waals surface area contributed by atoms with Crippen molar-refractivity contribution in [2.45, 2.75) is 64.4 Å². The molecule has 0 amide bonds. The van der Waals surface area contributed by atoms with Crippen molar-refractivity contribution in [3.63, 3.8) is 0 Å². The third-order valence-electron chi connectivity index (χ3n) is 3.18. The minimum atomic E-state index is -0.971. The van der Waals surface area contributed by atoms with Gasteiger partial charge in [-0.2, -0.15) is 0 Å². The predicted octanol–water partition coefficient (Wildman–Crippen LogP) is 3.69. The van der Waals surface area contributed by atoms with Crippen LogP contribution in [0, 0.1) is 0 Å². The number of aliphatic hydroxyl groups excluding tert-OH is 2. The van der Waals surface area contributed by atoms with E-state index in [4.69, 9.17) is 14.9 Å². The predicted molar refractivity (Wildman–Crippen MR) is 94.1 cm³/mol. The molecule has 0 aromatic carbocycles. The van der Waals surface area contributed by atoms with E-state index in [-0.39, 0.29) is 19.2 Å². The van der Waals surface area contributed by atoms with Gasteiger partial charge in [0.05, 0.1) is 6.61 Å². The lowest BCUT2D eigenvalue weighted by atomic mass is 10.1. The Kier molecular flexibility index (Phi) is 15.9. The number of ether oxygens (including phenoxy) is 1. The number of carbonyl (C=O) groups excluding carboxylic acids is 1. The molecular weight excluding hydrogens is 292 g/mol. The maximum absolute atomic E-state index is 11.3. The molecule has 4 nitrogen and oxygen atoms in total. The van der Waals surface area contributed by atoms with Crippen molar-refractivity contribution < 1.29 is 19.7 Å². The summed E-state index contributed by atoms with van der Waals surface area (Å²) in [5.41, 5.74) is 0. The van der Waals surface area contributed by atoms with E-state index in [1.165, 1.54) is 0 Å². The number of carbonyl (C=O) groups is 1. The first kappa shape index (κ1) is 21.6. The van der Waals surface area contributed by atoms with Gasteiger partial charge in [-0.05, 0) is 38.5 Å². The van der Waals surface area contributed by atoms with E-state index in [0.717, 1.165) is 44.9 Å². The Hall–Kier alpha value is -1.39. The standard InChI is InChI=1S/C19H32O4/c1-2-3-4-5-6-7-8-9-10-11-12-13-14-15-19(22)23-17-18(21)16-20/h3-4,6-7,9-10,18,20-21H,2,5,8,11-17H2,1H3/b4-3-,7-6-,10-9-. The summed E-state index contributed by atoms with van der Waals surface area (Å²) >= 11 is 0. The summed E-state index contributed by atoms with van der Waals surface area (Å²) in [7, 11) is 0. The van der Waals surface area contributed by atoms with Gasteiger partial charge in [0.1, 0.15) is 12.7 Å². The molecule has 0 aliphatic rings. The molecule has 0 aromatic rings. The third-order valence-corrected chi connectivity index (χ3v) is 3.18. The molecule has 0 saturated carbocycles. The normalized spacial score (nSPS) is 13.3. The first-order valence-corrected chi connectivity index (χ1v) is 8.60. The van der Waals surface area contributed by atoms with Gasteiger partial charge in [-0.1, -0.05) is 49.8 Å². The molecule has 0 fully saturated rings. The Labute approximate surface area is 140 Å². The number of hydrogen-bond acceptors (Lipinski definition) is 4. The zero-order valence-corrected chi connectivity index (χ0v) is 14.3. The molecule has 0 heterocycles. The second-order valence-corrected chi connectivity index (χ2v) is 5.41. The molecule has 0 spiro atoms. The summed E-state index contributed by atoms with van der Waals surface area (Å²) in [6.07, 6.45) is 19.4. The Balaban J connectivity index is 3.39. The van der Waals surface area contributed by atoms with E-state index in [1.54, 1.807) is 0 Å². The van der Waals surface area contributed by atoms with Gasteiger partial charge in [0.2, 0.25) is 0 Å². The molecule has 0 saturated heterocycles. The van der Waals surface area contributed by atoms with Crippen molar-refractivity contribution in [2.24, 2.45) is 0 Å². The summed E-state index contributed by atoms with van der Waals surface area (Å²) in [6, 6.07) is 0. The zero-order valence-electron chi connectivity index (χ0n) is 14.3. The lowest BCUT2D eigenvalue weighted by Crippen LogP contribution is -2.21. The molecular formula is C19H32O4. The molecule has 1 unspecified atom stereocenters. The molecule has 0 radical (unpaired) electrons. The smallest absolute Gasteiger partial charge is 0.305 e. The monoisotopic (exact) mass is 324 g/mol. The van der Waals surface area contributed by atoms with Gasteiger partial charge >= 0.3 is 5.97 Å². The lowest BCUT2D eigenvalue weighted by molar-refractivity contribution is -0.147. The minimum absolute atomic E-state index is 0.125. The molecule has 132 valence electrons. The van der Waals surface area contributed by atoms with Gasteiger partial charge in [-0.15, -0.1) is 0 Å². The van der Waals surface area contributed by atoms with Crippen LogP contribution in [0.15, 0.2) is 36.5 Å². The summed E-state index contributed by atoms with van der Waals surface area (Å²) in [5.74, 6) is -0.310. The third kappa shape index (κ3) is 16.8. The van der Waals surface area contributed by atoms with E-state index in [1.807, 2.05) is 0 Å². The number of hydrogen-bond donors (Lipinski definition) is 2. The number of esters is 1. The first-order valence-electron chi connectivity index (χ1n) is 8.60. The van der Waals surface area contributed by atoms with Crippen molar-refractivity contribution >= 4 is 5.97 Å². The van der Waals surface area contributed by atoms with Gasteiger partial charge < -0.3 is 14.9 Å². The molecule has 2 N–H and O–H groups in total. The van der Waals surface area contributed by atoms with Gasteiger partial charge in [0, 0.05) is 6.42 Å². The lowest BCUT2D eigenvalue weighted by Gasteiger charge is -2.08. The fourth-order valence-electron chi connectivity index (χ4n) is 1.85. The number of unbranched alkanes of at least 4 members (excludes halogenated alkanes) is 3. The second-order valence-electron chi connectivity index (χ2n) is 5.41. The molecule has 0 aliphatic heterocycles. The largest absolute Gasteiger partial charge is 0.463 e. The summed E-state index contributed by atoms with van der Waals surface area (Å²) in [6.45, 7) is 1.62. The minimum Gasteiger partial charge on any atom is -0.463 e. The van der Waals surface area contributed by atoms with Gasteiger partial charge in [0.15, 0.2) is 0 Å². The Bertz CT molecular complexity index is 358. The van der Waals surface area contributed by atoms with Crippen LogP contribution in [0.25, 0.3) is 0 Å². The zero-order chi connectivity index (χ0) is 17.2. The van der Waals surface area contributed by atoms with Crippen LogP contribution in [0.3, 0.4) is 0 Å². The van der Waals surface area contributed by atoms with Gasteiger partial charge in [-0.3, -0.25) is 4.79 Å². The molecule has 23 heavy (non-hydrogen) atoms. The first-order chi connectivity index (χ1) is 11.2. The maximum Gasteiger partial charge on any atom is 0.305 e. The average molecular weight is 324 g/mol. The average Bonchev–Trinajstić information content (AvgIpc) is 2.56. The number of rotatable bonds is 14. The van der Waals surface area contributed by atoms with Crippen LogP contribution in [0.1, 0.15) is 58.3 Å². The van der Waals surface area contributed by atoms with Gasteiger partial charge in [-0.25, -0.2) is 0 Å². The second kappa shape index (κ2) is 17.0. The highest BCUT2D eigenvalue weighted by Crippen LogP contribution is 2.05. The van der Waals surface area contributed by atoms with Crippen molar-refractivity contribution in [1.82, 2.24) is 0 Å². The van der Waals surface area contributed by atoms with E-state index >= 15 is 0 Å². The van der Waals surface area contributed by atoms with Crippen LogP contribution in [0.2, 0.25) is 0 Å². The van der Waals surface area contributed by atoms with Crippen molar-refractivity contribution in [1.29, 1.82) is 0 Å². The SMILES string of the molecule is CC/C=C\C/C=C\C/C=C\CCCCCC(=O)OCC(O)CO. The van der Waals surface area contributed by atoms with Crippen LogP contribution < -0.4 is 0 Å². The summed E-state index contributed by atoms with van der Waals surface area (Å²) in [4.78, 5) is 11.3. The van der Waals surface area contributed by atoms with Crippen LogP contribution in [0.4, 0.5) is 0 Å². The van der Waals surface area contributed by atoms with E-state index in [0.29, 0.717) is 6.42 Å². The quantitative estimate of drug-likeness (QED) is 0.290. The van der Waals surface area contributed by atoms with Gasteiger partial charge in [0.25, 0.3) is 0 Å². The Morgan fingerprint density at radius 3 is 2.30 bits per heavy atom. The van der Waals surface area contributed by atoms with Crippen LogP contribution in [0.5, 0.6) is 0 Å². The number of aliphatic hydroxyl groups is 2. The highest BCUT2D eigenvalue weighted by molar-refractivity contribution is 5.69. The summed E-state index contributed by atoms with van der Waals surface area (Å²) in [5, 5.41) is 17.6. The van der Waals surface area contributed by atoms with E-state index in [9.17, 15) is 4.79 Å². The molecule has 1 atom stereocenters. The summed E-state index contributed by atoms with van der Waals surface area (Å²) < 4.78 is 4.83. The van der Waals surface area contributed by atoms with Crippen LogP contribution in [-0.2, 0) is 9.53 Å². The maximum atomic E-state index is 11.3. The molecule has 0 aliphatic carbocycles. The Morgan fingerprint density at radius 1 is 1.00 bits per heavy atom. The van der Waals surface area contributed by atoms with Crippen LogP contribution >= 0.6 is 0 Å². The Morgan fingerprint density at radius 2 is 1.65 bits per heavy atom. The molecule has 0 bridgehead atoms. The fraction of sp³-hybridized carbons (Fsp3) is 0.632. The van der Waals surface area contributed by atoms with Crippen LogP contribution in [-0.4, -0.2) is 35.5 Å². The highest BCUT2D eigenvalue weighted by Gasteiger charge is 2.06. The molecule has 4 heteroatoms. The molecule has 0 rings (SSSR count). The molecule has 0 aromatic heterocycles. The topological polar surface area (TPSA) is 66.8 Å². The highest BCUT2D eigenvalue weighted by atomic mass is 16.5. The van der Waals surface area contributed by atoms with E-state index in [2.05, 4.69) is 43.4 Å². The van der Waals surface area contributed by atoms with Crippen molar-refractivity contribution in [2.75, 3.05) is 13.2 Å². The van der Waals surface area contributed by atoms with Crippen molar-refractivity contribution in [3.05, 3.63) is 36.5 Å². The number of allylic oxidation sites excluding steroid dienone is 6.